The van der Waals surface area contributed by atoms with Crippen molar-refractivity contribution in [2.75, 3.05) is 0 Å². The molecule has 0 aromatic rings. The summed E-state index contributed by atoms with van der Waals surface area (Å²) in [5.74, 6) is 0.0765. The first kappa shape index (κ1) is 11.7. The first-order chi connectivity index (χ1) is 8.68. The van der Waals surface area contributed by atoms with E-state index in [1.807, 2.05) is 0 Å². The number of carbonyl (C=O) groups is 2. The molecule has 2 aliphatic carbocycles. The fourth-order valence-electron chi connectivity index (χ4n) is 3.51. The van der Waals surface area contributed by atoms with E-state index in [0.29, 0.717) is 6.42 Å². The summed E-state index contributed by atoms with van der Waals surface area (Å²) in [5, 5.41) is 9.22. The maximum Gasteiger partial charge on any atom is 0.237 e. The standard InChI is InChI=1S/C14H18N2O2/c15-9-11(10-4-5-10)16-12(17)8-14(13(16)18)6-2-1-3-7-14/h10-11H,1-8H2. The number of rotatable bonds is 2. The molecule has 4 nitrogen and oxygen atoms in total. The summed E-state index contributed by atoms with van der Waals surface area (Å²) in [6.45, 7) is 0. The number of carbonyl (C=O) groups excluding carboxylic acids is 2. The van der Waals surface area contributed by atoms with Crippen LogP contribution < -0.4 is 0 Å². The van der Waals surface area contributed by atoms with Crippen molar-refractivity contribution in [2.45, 2.75) is 57.4 Å². The molecule has 1 spiro atoms. The molecule has 3 fully saturated rings. The first-order valence-corrected chi connectivity index (χ1v) is 6.94. The second kappa shape index (κ2) is 4.08. The second-order valence-electron chi connectivity index (χ2n) is 6.00. The fraction of sp³-hybridized carbons (Fsp3) is 0.786. The average Bonchev–Trinajstić information content (AvgIpc) is 3.16. The SMILES string of the molecule is N#CC(C1CC1)N1C(=O)CC2(CCCCC2)C1=O. The third-order valence-corrected chi connectivity index (χ3v) is 4.72. The second-order valence-corrected chi connectivity index (χ2v) is 6.00. The van der Waals surface area contributed by atoms with Crippen LogP contribution >= 0.6 is 0 Å². The van der Waals surface area contributed by atoms with E-state index in [4.69, 9.17) is 0 Å². The average molecular weight is 246 g/mol. The molecule has 3 aliphatic rings. The number of hydrogen-bond acceptors (Lipinski definition) is 3. The summed E-state index contributed by atoms with van der Waals surface area (Å²) in [5.41, 5.74) is -0.445. The largest absolute Gasteiger partial charge is 0.274 e. The monoisotopic (exact) mass is 246 g/mol. The molecule has 4 heteroatoms. The highest BCUT2D eigenvalue weighted by Gasteiger charge is 2.55. The molecule has 2 saturated carbocycles. The van der Waals surface area contributed by atoms with E-state index in [0.717, 1.165) is 44.9 Å². The maximum atomic E-state index is 12.6. The quantitative estimate of drug-likeness (QED) is 0.700. The molecule has 18 heavy (non-hydrogen) atoms. The summed E-state index contributed by atoms with van der Waals surface area (Å²) in [4.78, 5) is 26.0. The molecule has 1 heterocycles. The minimum Gasteiger partial charge on any atom is -0.274 e. The number of amides is 2. The van der Waals surface area contributed by atoms with Crippen molar-refractivity contribution < 1.29 is 9.59 Å². The van der Waals surface area contributed by atoms with Gasteiger partial charge in [0, 0.05) is 6.42 Å². The highest BCUT2D eigenvalue weighted by atomic mass is 16.2. The van der Waals surface area contributed by atoms with Crippen LogP contribution in [0, 0.1) is 22.7 Å². The molecule has 0 aromatic heterocycles. The summed E-state index contributed by atoms with van der Waals surface area (Å²) < 4.78 is 0. The number of likely N-dealkylation sites (tertiary alicyclic amines) is 1. The zero-order valence-electron chi connectivity index (χ0n) is 10.5. The highest BCUT2D eigenvalue weighted by Crippen LogP contribution is 2.48. The Hall–Kier alpha value is -1.37. The van der Waals surface area contributed by atoms with E-state index >= 15 is 0 Å². The number of imide groups is 1. The Morgan fingerprint density at radius 3 is 2.44 bits per heavy atom. The molecular formula is C14H18N2O2. The van der Waals surface area contributed by atoms with Gasteiger partial charge in [-0.3, -0.25) is 14.5 Å². The van der Waals surface area contributed by atoms with Crippen LogP contribution in [-0.4, -0.2) is 22.8 Å². The molecule has 0 aromatic carbocycles. The zero-order chi connectivity index (χ0) is 12.8. The van der Waals surface area contributed by atoms with Crippen LogP contribution in [0.25, 0.3) is 0 Å². The van der Waals surface area contributed by atoms with Gasteiger partial charge in [0.1, 0.15) is 6.04 Å². The molecule has 3 rings (SSSR count). The highest BCUT2D eigenvalue weighted by molar-refractivity contribution is 6.06. The van der Waals surface area contributed by atoms with Gasteiger partial charge in [-0.25, -0.2) is 0 Å². The molecule has 1 unspecified atom stereocenters. The van der Waals surface area contributed by atoms with E-state index in [1.165, 1.54) is 4.90 Å². The maximum absolute atomic E-state index is 12.6. The van der Waals surface area contributed by atoms with Gasteiger partial charge < -0.3 is 0 Å². The van der Waals surface area contributed by atoms with Gasteiger partial charge in [0.15, 0.2) is 0 Å². The van der Waals surface area contributed by atoms with Gasteiger partial charge in [0.25, 0.3) is 0 Å². The molecular weight excluding hydrogens is 228 g/mol. The van der Waals surface area contributed by atoms with Crippen LogP contribution in [0.4, 0.5) is 0 Å². The van der Waals surface area contributed by atoms with Crippen molar-refractivity contribution in [3.63, 3.8) is 0 Å². The molecule has 96 valence electrons. The summed E-state index contributed by atoms with van der Waals surface area (Å²) in [6.07, 6.45) is 7.18. The Labute approximate surface area is 107 Å². The lowest BCUT2D eigenvalue weighted by molar-refractivity contribution is -0.144. The van der Waals surface area contributed by atoms with Crippen molar-refractivity contribution in [3.8, 4) is 6.07 Å². The zero-order valence-corrected chi connectivity index (χ0v) is 10.5. The van der Waals surface area contributed by atoms with E-state index < -0.39 is 11.5 Å². The van der Waals surface area contributed by atoms with Crippen LogP contribution in [0.1, 0.15) is 51.4 Å². The van der Waals surface area contributed by atoms with E-state index in [-0.39, 0.29) is 17.7 Å². The van der Waals surface area contributed by atoms with Gasteiger partial charge in [-0.1, -0.05) is 19.3 Å². The Morgan fingerprint density at radius 1 is 1.22 bits per heavy atom. The van der Waals surface area contributed by atoms with Crippen molar-refractivity contribution in [2.24, 2.45) is 11.3 Å². The topological polar surface area (TPSA) is 61.2 Å². The summed E-state index contributed by atoms with van der Waals surface area (Å²) in [6, 6.07) is 1.68. The van der Waals surface area contributed by atoms with Crippen LogP contribution in [0.3, 0.4) is 0 Å². The third-order valence-electron chi connectivity index (χ3n) is 4.72. The Balaban J connectivity index is 1.86. The molecule has 0 N–H and O–H groups in total. The van der Waals surface area contributed by atoms with Crippen molar-refractivity contribution in [3.05, 3.63) is 0 Å². The van der Waals surface area contributed by atoms with Gasteiger partial charge in [-0.2, -0.15) is 5.26 Å². The fourth-order valence-corrected chi connectivity index (χ4v) is 3.51. The van der Waals surface area contributed by atoms with Crippen molar-refractivity contribution in [1.82, 2.24) is 4.90 Å². The number of nitrogens with zero attached hydrogens (tertiary/aromatic N) is 2. The smallest absolute Gasteiger partial charge is 0.237 e. The van der Waals surface area contributed by atoms with Gasteiger partial charge >= 0.3 is 0 Å². The van der Waals surface area contributed by atoms with Crippen LogP contribution in [0.2, 0.25) is 0 Å². The lowest BCUT2D eigenvalue weighted by atomic mass is 9.73. The van der Waals surface area contributed by atoms with Gasteiger partial charge in [0.05, 0.1) is 11.5 Å². The number of hydrogen-bond donors (Lipinski definition) is 0. The Morgan fingerprint density at radius 2 is 1.89 bits per heavy atom. The van der Waals surface area contributed by atoms with Gasteiger partial charge in [-0.15, -0.1) is 0 Å². The summed E-state index contributed by atoms with van der Waals surface area (Å²) in [7, 11) is 0. The Bertz CT molecular complexity index is 428. The lowest BCUT2D eigenvalue weighted by Gasteiger charge is -2.31. The minimum atomic E-state index is -0.494. The van der Waals surface area contributed by atoms with Gasteiger partial charge in [-0.05, 0) is 31.6 Å². The number of nitriles is 1. The molecule has 1 atom stereocenters. The van der Waals surface area contributed by atoms with E-state index in [2.05, 4.69) is 6.07 Å². The van der Waals surface area contributed by atoms with Crippen molar-refractivity contribution >= 4 is 11.8 Å². The Kier molecular flexibility index (Phi) is 2.65. The molecule has 1 aliphatic heterocycles. The normalized spacial score (nSPS) is 28.5. The third kappa shape index (κ3) is 1.65. The van der Waals surface area contributed by atoms with Crippen LogP contribution in [0.5, 0.6) is 0 Å². The lowest BCUT2D eigenvalue weighted by Crippen LogP contribution is -2.43. The van der Waals surface area contributed by atoms with Crippen LogP contribution in [0.15, 0.2) is 0 Å². The molecule has 1 saturated heterocycles. The first-order valence-electron chi connectivity index (χ1n) is 6.94. The molecule has 2 amide bonds. The minimum absolute atomic E-state index is 0.0503. The predicted molar refractivity (Wildman–Crippen MR) is 64.1 cm³/mol. The summed E-state index contributed by atoms with van der Waals surface area (Å²) >= 11 is 0. The van der Waals surface area contributed by atoms with E-state index in [9.17, 15) is 14.9 Å². The van der Waals surface area contributed by atoms with E-state index in [1.54, 1.807) is 0 Å². The van der Waals surface area contributed by atoms with Gasteiger partial charge in [0.2, 0.25) is 11.8 Å². The molecule has 0 radical (unpaired) electrons. The van der Waals surface area contributed by atoms with Crippen molar-refractivity contribution in [1.29, 1.82) is 5.26 Å². The predicted octanol–water partition coefficient (Wildman–Crippen LogP) is 2.00. The molecule has 0 bridgehead atoms. The van der Waals surface area contributed by atoms with Crippen LogP contribution in [-0.2, 0) is 9.59 Å².